The molecule has 10 heteroatoms. The topological polar surface area (TPSA) is 85.2 Å². The minimum Gasteiger partial charge on any atom is -0.381 e. The van der Waals surface area contributed by atoms with Gasteiger partial charge in [0.25, 0.3) is 11.6 Å². The molecule has 28 heavy (non-hydrogen) atoms. The number of hydrogen-bond donors (Lipinski definition) is 2. The van der Waals surface area contributed by atoms with Crippen molar-refractivity contribution < 1.29 is 27.5 Å². The van der Waals surface area contributed by atoms with Crippen LogP contribution in [-0.2, 0) is 20.0 Å². The number of halogens is 3. The Labute approximate surface area is 158 Å². The van der Waals surface area contributed by atoms with Crippen molar-refractivity contribution in [1.82, 2.24) is 14.9 Å². The fourth-order valence-corrected chi connectivity index (χ4v) is 3.82. The molecule has 1 saturated heterocycles. The molecule has 2 amide bonds. The molecule has 1 atom stereocenters. The van der Waals surface area contributed by atoms with Crippen LogP contribution in [0, 0.1) is 5.92 Å². The maximum atomic E-state index is 14.2. The van der Waals surface area contributed by atoms with Gasteiger partial charge in [0.1, 0.15) is 0 Å². The number of carbonyl (C=O) groups excluding carboxylic acids is 2. The fraction of sp³-hybridized carbons (Fsp3) is 0.500. The standard InChI is InChI=1S/C18H19F3N4O3/c19-18(20,21)17(24-14(26)6-5-11-7-9-28-10-8-11)15(27)23-16-22-12-3-1-2-4-13(12)25(16)17/h1-4,11H,5-10H2,(H,24,26)(H,22,23,27). The molecule has 3 heterocycles. The summed E-state index contributed by atoms with van der Waals surface area (Å²) in [4.78, 5) is 28.9. The van der Waals surface area contributed by atoms with Gasteiger partial charge in [-0.3, -0.25) is 19.5 Å². The van der Waals surface area contributed by atoms with Gasteiger partial charge in [0, 0.05) is 19.6 Å². The van der Waals surface area contributed by atoms with Crippen LogP contribution < -0.4 is 10.6 Å². The first-order valence-corrected chi connectivity index (χ1v) is 9.08. The molecule has 0 bridgehead atoms. The van der Waals surface area contributed by atoms with E-state index >= 15 is 0 Å². The van der Waals surface area contributed by atoms with Gasteiger partial charge in [-0.15, -0.1) is 0 Å². The lowest BCUT2D eigenvalue weighted by molar-refractivity contribution is -0.217. The highest BCUT2D eigenvalue weighted by molar-refractivity contribution is 6.05. The number of alkyl halides is 3. The number of carbonyl (C=O) groups is 2. The zero-order chi connectivity index (χ0) is 19.9. The van der Waals surface area contributed by atoms with Crippen LogP contribution in [0.2, 0.25) is 0 Å². The predicted octanol–water partition coefficient (Wildman–Crippen LogP) is 2.53. The van der Waals surface area contributed by atoms with Crippen LogP contribution in [0.4, 0.5) is 19.1 Å². The van der Waals surface area contributed by atoms with Crippen molar-refractivity contribution in [3.05, 3.63) is 24.3 Å². The summed E-state index contributed by atoms with van der Waals surface area (Å²) in [5, 5.41) is 4.13. The van der Waals surface area contributed by atoms with Crippen LogP contribution in [0.5, 0.6) is 0 Å². The van der Waals surface area contributed by atoms with E-state index in [2.05, 4.69) is 10.3 Å². The lowest BCUT2D eigenvalue weighted by Crippen LogP contribution is -2.63. The average Bonchev–Trinajstić information content (AvgIpc) is 3.15. The van der Waals surface area contributed by atoms with Gasteiger partial charge in [-0.1, -0.05) is 12.1 Å². The zero-order valence-corrected chi connectivity index (χ0v) is 14.9. The Balaban J connectivity index is 1.65. The van der Waals surface area contributed by atoms with E-state index in [0.29, 0.717) is 25.2 Å². The Morgan fingerprint density at radius 3 is 2.75 bits per heavy atom. The Hall–Kier alpha value is -2.62. The number of anilines is 1. The number of imidazole rings is 1. The maximum absolute atomic E-state index is 14.2. The van der Waals surface area contributed by atoms with Crippen molar-refractivity contribution in [3.63, 3.8) is 0 Å². The summed E-state index contributed by atoms with van der Waals surface area (Å²) in [6.07, 6.45) is -3.16. The summed E-state index contributed by atoms with van der Waals surface area (Å²) in [6, 6.07) is 6.16. The second-order valence-corrected chi connectivity index (χ2v) is 7.06. The first-order valence-electron chi connectivity index (χ1n) is 9.08. The molecule has 4 rings (SSSR count). The molecule has 0 spiro atoms. The number of hydrogen-bond acceptors (Lipinski definition) is 4. The number of rotatable bonds is 4. The molecule has 2 N–H and O–H groups in total. The molecular formula is C18H19F3N4O3. The highest BCUT2D eigenvalue weighted by Crippen LogP contribution is 2.43. The molecule has 0 aliphatic carbocycles. The SMILES string of the molecule is O=C(CCC1CCOCC1)NC1(C(F)(F)F)C(=O)Nc2nc3ccccc3n21. The number of amides is 2. The highest BCUT2D eigenvalue weighted by atomic mass is 19.4. The highest BCUT2D eigenvalue weighted by Gasteiger charge is 2.67. The Morgan fingerprint density at radius 2 is 2.04 bits per heavy atom. The molecular weight excluding hydrogens is 377 g/mol. The van der Waals surface area contributed by atoms with Gasteiger partial charge in [-0.2, -0.15) is 13.2 Å². The van der Waals surface area contributed by atoms with E-state index < -0.39 is 23.7 Å². The second-order valence-electron chi connectivity index (χ2n) is 7.06. The zero-order valence-electron chi connectivity index (χ0n) is 14.9. The normalized spacial score (nSPS) is 22.9. The first kappa shape index (κ1) is 18.7. The van der Waals surface area contributed by atoms with Gasteiger partial charge in [0.05, 0.1) is 11.0 Å². The summed E-state index contributed by atoms with van der Waals surface area (Å²) in [6.45, 7) is 1.18. The van der Waals surface area contributed by atoms with E-state index in [-0.39, 0.29) is 23.8 Å². The van der Waals surface area contributed by atoms with Gasteiger partial charge >= 0.3 is 6.18 Å². The number of nitrogens with zero attached hydrogens (tertiary/aromatic N) is 2. The summed E-state index contributed by atoms with van der Waals surface area (Å²) in [5.74, 6) is -2.21. The second kappa shape index (κ2) is 6.77. The monoisotopic (exact) mass is 396 g/mol. The van der Waals surface area contributed by atoms with E-state index in [4.69, 9.17) is 4.74 Å². The van der Waals surface area contributed by atoms with Crippen molar-refractivity contribution >= 4 is 28.8 Å². The van der Waals surface area contributed by atoms with Crippen molar-refractivity contribution in [2.75, 3.05) is 18.5 Å². The third-order valence-electron chi connectivity index (χ3n) is 5.30. The molecule has 150 valence electrons. The van der Waals surface area contributed by atoms with Crippen molar-refractivity contribution in [3.8, 4) is 0 Å². The number of nitrogens with one attached hydrogen (secondary N) is 2. The van der Waals surface area contributed by atoms with Crippen molar-refractivity contribution in [2.45, 2.75) is 37.5 Å². The van der Waals surface area contributed by atoms with Crippen LogP contribution in [0.3, 0.4) is 0 Å². The lowest BCUT2D eigenvalue weighted by Gasteiger charge is -2.32. The minimum absolute atomic E-state index is 0.0995. The third-order valence-corrected chi connectivity index (χ3v) is 5.30. The third kappa shape index (κ3) is 2.92. The van der Waals surface area contributed by atoms with E-state index in [1.54, 1.807) is 18.2 Å². The number of benzene rings is 1. The Kier molecular flexibility index (Phi) is 4.53. The van der Waals surface area contributed by atoms with Crippen LogP contribution in [0.1, 0.15) is 25.7 Å². The van der Waals surface area contributed by atoms with Crippen molar-refractivity contribution in [1.29, 1.82) is 0 Å². The lowest BCUT2D eigenvalue weighted by atomic mass is 9.94. The molecule has 0 saturated carbocycles. The van der Waals surface area contributed by atoms with Crippen LogP contribution >= 0.6 is 0 Å². The van der Waals surface area contributed by atoms with Gasteiger partial charge in [-0.05, 0) is 37.3 Å². The number of fused-ring (bicyclic) bond motifs is 3. The molecule has 2 aliphatic rings. The summed E-state index contributed by atoms with van der Waals surface area (Å²) >= 11 is 0. The molecule has 1 aromatic carbocycles. The average molecular weight is 396 g/mol. The van der Waals surface area contributed by atoms with E-state index in [0.717, 1.165) is 17.4 Å². The number of aromatic nitrogens is 2. The number of para-hydroxylation sites is 2. The van der Waals surface area contributed by atoms with Crippen LogP contribution in [-0.4, -0.2) is 40.8 Å². The van der Waals surface area contributed by atoms with Gasteiger partial charge in [0.2, 0.25) is 11.9 Å². The molecule has 0 radical (unpaired) electrons. The van der Waals surface area contributed by atoms with E-state index in [1.807, 2.05) is 5.32 Å². The van der Waals surface area contributed by atoms with E-state index in [1.165, 1.54) is 6.07 Å². The first-order chi connectivity index (χ1) is 13.3. The fourth-order valence-electron chi connectivity index (χ4n) is 3.82. The van der Waals surface area contributed by atoms with Gasteiger partial charge in [0.15, 0.2) is 0 Å². The summed E-state index contributed by atoms with van der Waals surface area (Å²) in [7, 11) is 0. The number of ether oxygens (including phenoxy) is 1. The van der Waals surface area contributed by atoms with E-state index in [9.17, 15) is 22.8 Å². The molecule has 1 fully saturated rings. The maximum Gasteiger partial charge on any atom is 0.440 e. The predicted molar refractivity (Wildman–Crippen MR) is 93.3 cm³/mol. The van der Waals surface area contributed by atoms with Gasteiger partial charge < -0.3 is 10.1 Å². The van der Waals surface area contributed by atoms with Crippen molar-refractivity contribution in [2.24, 2.45) is 5.92 Å². The quantitative estimate of drug-likeness (QED) is 0.832. The molecule has 2 aromatic rings. The molecule has 2 aliphatic heterocycles. The largest absolute Gasteiger partial charge is 0.440 e. The minimum atomic E-state index is -5.06. The molecule has 1 aromatic heterocycles. The smallest absolute Gasteiger partial charge is 0.381 e. The summed E-state index contributed by atoms with van der Waals surface area (Å²) in [5.41, 5.74) is -2.81. The summed E-state index contributed by atoms with van der Waals surface area (Å²) < 4.78 is 48.5. The molecule has 7 nitrogen and oxygen atoms in total. The van der Waals surface area contributed by atoms with Crippen LogP contribution in [0.25, 0.3) is 11.0 Å². The Morgan fingerprint density at radius 1 is 1.32 bits per heavy atom. The van der Waals surface area contributed by atoms with Crippen LogP contribution in [0.15, 0.2) is 24.3 Å². The van der Waals surface area contributed by atoms with Gasteiger partial charge in [-0.25, -0.2) is 4.98 Å². The molecule has 1 unspecified atom stereocenters. The Bertz CT molecular complexity index is 920.